The van der Waals surface area contributed by atoms with Gasteiger partial charge in [-0.25, -0.2) is 13.1 Å². The number of aromatic nitrogens is 1. The van der Waals surface area contributed by atoms with Crippen molar-refractivity contribution in [1.29, 1.82) is 0 Å². The van der Waals surface area contributed by atoms with E-state index < -0.39 is 10.0 Å². The van der Waals surface area contributed by atoms with E-state index in [1.807, 2.05) is 45.0 Å². The highest BCUT2D eigenvalue weighted by Crippen LogP contribution is 2.24. The molecule has 0 amide bonds. The molecule has 27 heavy (non-hydrogen) atoms. The van der Waals surface area contributed by atoms with Crippen LogP contribution in [0.2, 0.25) is 0 Å². The first-order valence-corrected chi connectivity index (χ1v) is 11.0. The Morgan fingerprint density at radius 2 is 1.93 bits per heavy atom. The van der Waals surface area contributed by atoms with Gasteiger partial charge in [-0.2, -0.15) is 0 Å². The molecular weight excluding hydrogens is 384 g/mol. The Kier molecular flexibility index (Phi) is 5.69. The minimum absolute atomic E-state index is 0.0156. The van der Waals surface area contributed by atoms with E-state index in [9.17, 15) is 13.2 Å². The molecule has 0 bridgehead atoms. The lowest BCUT2D eigenvalue weighted by Crippen LogP contribution is -2.23. The van der Waals surface area contributed by atoms with Gasteiger partial charge < -0.3 is 4.74 Å². The number of ether oxygens (including phenoxy) is 1. The second-order valence-corrected chi connectivity index (χ2v) is 9.09. The SMILES string of the molecule is CCOc1ccccc1CNS(=O)(=O)c1ccc2c(c1)sc(=O)n2C(C)C. The van der Waals surface area contributed by atoms with E-state index in [-0.39, 0.29) is 22.4 Å². The molecule has 0 radical (unpaired) electrons. The molecule has 2 aromatic carbocycles. The molecule has 144 valence electrons. The van der Waals surface area contributed by atoms with Crippen LogP contribution < -0.4 is 14.3 Å². The fourth-order valence-electron chi connectivity index (χ4n) is 2.88. The third-order valence-electron chi connectivity index (χ3n) is 4.14. The Balaban J connectivity index is 1.88. The zero-order valence-electron chi connectivity index (χ0n) is 15.4. The predicted octanol–water partition coefficient (Wildman–Crippen LogP) is 3.52. The number of nitrogens with zero attached hydrogens (tertiary/aromatic N) is 1. The topological polar surface area (TPSA) is 77.4 Å². The number of thiazole rings is 1. The molecule has 0 spiro atoms. The quantitative estimate of drug-likeness (QED) is 0.651. The minimum Gasteiger partial charge on any atom is -0.494 e. The van der Waals surface area contributed by atoms with Crippen LogP contribution in [0.15, 0.2) is 52.2 Å². The van der Waals surface area contributed by atoms with Gasteiger partial charge >= 0.3 is 4.87 Å². The summed E-state index contributed by atoms with van der Waals surface area (Å²) < 4.78 is 35.9. The predicted molar refractivity (Wildman–Crippen MR) is 108 cm³/mol. The average Bonchev–Trinajstić information content (AvgIpc) is 2.96. The van der Waals surface area contributed by atoms with Gasteiger partial charge in [-0.1, -0.05) is 29.5 Å². The van der Waals surface area contributed by atoms with Crippen molar-refractivity contribution in [2.45, 2.75) is 38.3 Å². The number of para-hydroxylation sites is 1. The summed E-state index contributed by atoms with van der Waals surface area (Å²) in [5.74, 6) is 0.658. The summed E-state index contributed by atoms with van der Waals surface area (Å²) in [6.45, 7) is 6.36. The number of rotatable bonds is 7. The first kappa shape index (κ1) is 19.6. The molecule has 0 unspecified atom stereocenters. The summed E-state index contributed by atoms with van der Waals surface area (Å²) in [5, 5.41) is 0. The lowest BCUT2D eigenvalue weighted by atomic mass is 10.2. The Morgan fingerprint density at radius 1 is 1.19 bits per heavy atom. The van der Waals surface area contributed by atoms with Crippen LogP contribution in [0.1, 0.15) is 32.4 Å². The highest BCUT2D eigenvalue weighted by Gasteiger charge is 2.18. The van der Waals surface area contributed by atoms with E-state index in [2.05, 4.69) is 4.72 Å². The second kappa shape index (κ2) is 7.84. The van der Waals surface area contributed by atoms with E-state index in [0.717, 1.165) is 22.4 Å². The van der Waals surface area contributed by atoms with Gasteiger partial charge in [-0.05, 0) is 45.0 Å². The molecule has 3 rings (SSSR count). The third-order valence-corrected chi connectivity index (χ3v) is 6.45. The number of fused-ring (bicyclic) bond motifs is 1. The monoisotopic (exact) mass is 406 g/mol. The largest absolute Gasteiger partial charge is 0.494 e. The lowest BCUT2D eigenvalue weighted by molar-refractivity contribution is 0.336. The summed E-state index contributed by atoms with van der Waals surface area (Å²) in [6, 6.07) is 12.1. The number of sulfonamides is 1. The zero-order valence-corrected chi connectivity index (χ0v) is 17.1. The Morgan fingerprint density at radius 3 is 2.63 bits per heavy atom. The van der Waals surface area contributed by atoms with Gasteiger partial charge in [-0.3, -0.25) is 9.36 Å². The van der Waals surface area contributed by atoms with Crippen LogP contribution in [-0.4, -0.2) is 19.6 Å². The summed E-state index contributed by atoms with van der Waals surface area (Å²) in [6.07, 6.45) is 0. The van der Waals surface area contributed by atoms with E-state index in [4.69, 9.17) is 4.74 Å². The van der Waals surface area contributed by atoms with Crippen LogP contribution in [0.4, 0.5) is 0 Å². The maximum atomic E-state index is 12.7. The van der Waals surface area contributed by atoms with E-state index in [1.54, 1.807) is 16.7 Å². The van der Waals surface area contributed by atoms with Crippen molar-refractivity contribution in [2.75, 3.05) is 6.61 Å². The van der Waals surface area contributed by atoms with Gasteiger partial charge in [0.1, 0.15) is 5.75 Å². The van der Waals surface area contributed by atoms with Gasteiger partial charge in [-0.15, -0.1) is 0 Å². The smallest absolute Gasteiger partial charge is 0.308 e. The zero-order chi connectivity index (χ0) is 19.6. The van der Waals surface area contributed by atoms with Crippen molar-refractivity contribution in [3.05, 3.63) is 57.7 Å². The normalized spacial score (nSPS) is 12.0. The second-order valence-electron chi connectivity index (χ2n) is 6.33. The van der Waals surface area contributed by atoms with Crippen LogP contribution in [0.3, 0.4) is 0 Å². The number of benzene rings is 2. The molecule has 0 atom stereocenters. The third kappa shape index (κ3) is 4.07. The Labute approximate surface area is 162 Å². The minimum atomic E-state index is -3.72. The lowest BCUT2D eigenvalue weighted by Gasteiger charge is -2.12. The van der Waals surface area contributed by atoms with Crippen molar-refractivity contribution in [1.82, 2.24) is 9.29 Å². The first-order chi connectivity index (χ1) is 12.8. The van der Waals surface area contributed by atoms with E-state index >= 15 is 0 Å². The molecule has 0 saturated heterocycles. The van der Waals surface area contributed by atoms with Gasteiger partial charge in [0.2, 0.25) is 10.0 Å². The molecule has 0 aliphatic carbocycles. The number of hydrogen-bond donors (Lipinski definition) is 1. The molecular formula is C19H22N2O4S2. The van der Waals surface area contributed by atoms with Crippen LogP contribution in [0, 0.1) is 0 Å². The average molecular weight is 407 g/mol. The highest BCUT2D eigenvalue weighted by atomic mass is 32.2. The first-order valence-electron chi connectivity index (χ1n) is 8.69. The van der Waals surface area contributed by atoms with Gasteiger partial charge in [0.15, 0.2) is 0 Å². The van der Waals surface area contributed by atoms with E-state index in [1.165, 1.54) is 6.07 Å². The Hall–Kier alpha value is -2.16. The molecule has 1 N–H and O–H groups in total. The van der Waals surface area contributed by atoms with Gasteiger partial charge in [0, 0.05) is 18.2 Å². The van der Waals surface area contributed by atoms with Crippen LogP contribution in [0.25, 0.3) is 10.2 Å². The van der Waals surface area contributed by atoms with Gasteiger partial charge in [0.25, 0.3) is 0 Å². The summed E-state index contributed by atoms with van der Waals surface area (Å²) in [5.41, 5.74) is 1.51. The van der Waals surface area contributed by atoms with Crippen molar-refractivity contribution in [3.8, 4) is 5.75 Å². The molecule has 3 aromatic rings. The number of hydrogen-bond acceptors (Lipinski definition) is 5. The van der Waals surface area contributed by atoms with Crippen molar-refractivity contribution >= 4 is 31.6 Å². The Bertz CT molecular complexity index is 1110. The highest BCUT2D eigenvalue weighted by molar-refractivity contribution is 7.89. The van der Waals surface area contributed by atoms with Crippen molar-refractivity contribution in [2.24, 2.45) is 0 Å². The van der Waals surface area contributed by atoms with Crippen LogP contribution >= 0.6 is 11.3 Å². The fraction of sp³-hybridized carbons (Fsp3) is 0.316. The molecule has 1 heterocycles. The van der Waals surface area contributed by atoms with Crippen molar-refractivity contribution in [3.63, 3.8) is 0 Å². The molecule has 0 aliphatic rings. The molecule has 0 aliphatic heterocycles. The molecule has 8 heteroatoms. The molecule has 0 fully saturated rings. The summed E-state index contributed by atoms with van der Waals surface area (Å²) in [7, 11) is -3.72. The summed E-state index contributed by atoms with van der Waals surface area (Å²) >= 11 is 1.06. The van der Waals surface area contributed by atoms with Crippen LogP contribution in [0.5, 0.6) is 5.75 Å². The molecule has 6 nitrogen and oxygen atoms in total. The molecule has 0 saturated carbocycles. The van der Waals surface area contributed by atoms with Crippen LogP contribution in [-0.2, 0) is 16.6 Å². The van der Waals surface area contributed by atoms with E-state index in [0.29, 0.717) is 17.1 Å². The summed E-state index contributed by atoms with van der Waals surface area (Å²) in [4.78, 5) is 12.2. The maximum absolute atomic E-state index is 12.7. The molecule has 1 aromatic heterocycles. The van der Waals surface area contributed by atoms with Crippen molar-refractivity contribution < 1.29 is 13.2 Å². The fourth-order valence-corrected chi connectivity index (χ4v) is 5.03. The standard InChI is InChI=1S/C19H22N2O4S2/c1-4-25-17-8-6-5-7-14(17)12-20-27(23,24)15-9-10-16-18(11-15)26-19(22)21(16)13(2)3/h5-11,13,20H,4,12H2,1-3H3. The van der Waals surface area contributed by atoms with Gasteiger partial charge in [0.05, 0.1) is 21.7 Å². The number of nitrogens with one attached hydrogen (secondary N) is 1. The maximum Gasteiger partial charge on any atom is 0.308 e.